The minimum atomic E-state index is -1.03. The summed E-state index contributed by atoms with van der Waals surface area (Å²) >= 11 is 1.15. The summed E-state index contributed by atoms with van der Waals surface area (Å²) in [5.41, 5.74) is 1.32. The van der Waals surface area contributed by atoms with Crippen molar-refractivity contribution in [3.05, 3.63) is 53.2 Å². The molecule has 6 nitrogen and oxygen atoms in total. The van der Waals surface area contributed by atoms with Crippen molar-refractivity contribution in [2.24, 2.45) is 11.8 Å². The van der Waals surface area contributed by atoms with Crippen LogP contribution in [-0.2, 0) is 14.3 Å². The van der Waals surface area contributed by atoms with Gasteiger partial charge in [0.1, 0.15) is 16.4 Å². The van der Waals surface area contributed by atoms with E-state index in [9.17, 15) is 23.9 Å². The average Bonchev–Trinajstić information content (AvgIpc) is 3.16. The Morgan fingerprint density at radius 2 is 1.83 bits per heavy atom. The molecule has 1 aromatic carbocycles. The van der Waals surface area contributed by atoms with Gasteiger partial charge >= 0.3 is 11.9 Å². The Balaban J connectivity index is 1.92. The Hall–Kier alpha value is -3.00. The second-order valence-corrected chi connectivity index (χ2v) is 7.86. The number of halogens is 1. The third-order valence-corrected chi connectivity index (χ3v) is 5.81. The second kappa shape index (κ2) is 9.67. The van der Waals surface area contributed by atoms with Gasteiger partial charge in [-0.1, -0.05) is 31.2 Å². The number of carbonyl (C=O) groups excluding carboxylic acids is 2. The Labute approximate surface area is 177 Å². The van der Waals surface area contributed by atoms with Crippen molar-refractivity contribution in [3.63, 3.8) is 0 Å². The Morgan fingerprint density at radius 3 is 2.47 bits per heavy atom. The van der Waals surface area contributed by atoms with Crippen LogP contribution in [0.5, 0.6) is 0 Å². The Bertz CT molecular complexity index is 966. The van der Waals surface area contributed by atoms with Gasteiger partial charge in [0.25, 0.3) is 0 Å². The molecule has 30 heavy (non-hydrogen) atoms. The van der Waals surface area contributed by atoms with E-state index in [4.69, 9.17) is 4.74 Å². The van der Waals surface area contributed by atoms with Gasteiger partial charge in [0.15, 0.2) is 0 Å². The number of aliphatic carboxylic acids is 1. The summed E-state index contributed by atoms with van der Waals surface area (Å²) in [6, 6.07) is 5.68. The predicted octanol–water partition coefficient (Wildman–Crippen LogP) is 4.73. The van der Waals surface area contributed by atoms with E-state index in [-0.39, 0.29) is 18.6 Å². The highest BCUT2D eigenvalue weighted by Crippen LogP contribution is 2.37. The van der Waals surface area contributed by atoms with Gasteiger partial charge in [-0.05, 0) is 37.0 Å². The first-order chi connectivity index (χ1) is 14.4. The van der Waals surface area contributed by atoms with Crippen LogP contribution in [-0.4, -0.2) is 29.6 Å². The number of benzene rings is 1. The summed E-state index contributed by atoms with van der Waals surface area (Å²) in [5.74, 6) is -4.02. The largest absolute Gasteiger partial charge is 0.481 e. The fourth-order valence-corrected chi connectivity index (χ4v) is 4.30. The van der Waals surface area contributed by atoms with Crippen molar-refractivity contribution >= 4 is 34.2 Å². The minimum Gasteiger partial charge on any atom is -0.481 e. The predicted molar refractivity (Wildman–Crippen MR) is 112 cm³/mol. The summed E-state index contributed by atoms with van der Waals surface area (Å²) in [6.45, 7) is 2.09. The van der Waals surface area contributed by atoms with E-state index in [2.05, 4.69) is 5.32 Å². The van der Waals surface area contributed by atoms with Crippen molar-refractivity contribution in [2.45, 2.75) is 26.2 Å². The highest BCUT2D eigenvalue weighted by Gasteiger charge is 2.35. The van der Waals surface area contributed by atoms with E-state index in [0.717, 1.165) is 11.3 Å². The minimum absolute atomic E-state index is 0.187. The third kappa shape index (κ3) is 4.76. The standard InChI is InChI=1S/C22H22FNO5S/c1-2-11-29-22(28)18-17(13-7-9-14(23)10-8-13)12-30-20(18)24-19(25)15-5-3-4-6-16(15)21(26)27/h3-4,7-10,12,15-16H,2,5-6,11H2,1H3,(H,24,25)(H,26,27)/t15-,16+/m0/s1. The number of amides is 1. The van der Waals surface area contributed by atoms with E-state index in [1.807, 2.05) is 6.92 Å². The third-order valence-electron chi connectivity index (χ3n) is 4.91. The molecular formula is C22H22FNO5S. The first-order valence-electron chi connectivity index (χ1n) is 9.65. The molecule has 2 atom stereocenters. The summed E-state index contributed by atoms with van der Waals surface area (Å²) in [5, 5.41) is 14.1. The molecular weight excluding hydrogens is 409 g/mol. The maximum atomic E-state index is 13.3. The molecule has 0 unspecified atom stereocenters. The van der Waals surface area contributed by atoms with Crippen molar-refractivity contribution in [1.82, 2.24) is 0 Å². The van der Waals surface area contributed by atoms with Gasteiger partial charge in [-0.2, -0.15) is 0 Å². The van der Waals surface area contributed by atoms with Crippen molar-refractivity contribution in [1.29, 1.82) is 0 Å². The lowest BCUT2D eigenvalue weighted by Crippen LogP contribution is -2.34. The van der Waals surface area contributed by atoms with Gasteiger partial charge < -0.3 is 15.2 Å². The second-order valence-electron chi connectivity index (χ2n) is 6.98. The molecule has 0 fully saturated rings. The molecule has 0 bridgehead atoms. The number of carboxylic acid groups (broad SMARTS) is 1. The van der Waals surface area contributed by atoms with Crippen LogP contribution in [0, 0.1) is 17.7 Å². The maximum absolute atomic E-state index is 13.3. The number of rotatable bonds is 7. The molecule has 158 valence electrons. The lowest BCUT2D eigenvalue weighted by atomic mass is 9.82. The molecule has 2 aromatic rings. The van der Waals surface area contributed by atoms with Crippen molar-refractivity contribution in [2.75, 3.05) is 11.9 Å². The number of thiophene rings is 1. The molecule has 0 spiro atoms. The van der Waals surface area contributed by atoms with Gasteiger partial charge in [0.2, 0.25) is 5.91 Å². The first kappa shape index (κ1) is 21.7. The molecule has 0 radical (unpaired) electrons. The van der Waals surface area contributed by atoms with Gasteiger partial charge in [0, 0.05) is 10.9 Å². The van der Waals surface area contributed by atoms with Gasteiger partial charge in [-0.25, -0.2) is 9.18 Å². The van der Waals surface area contributed by atoms with Crippen LogP contribution < -0.4 is 5.32 Å². The van der Waals surface area contributed by atoms with Crippen LogP contribution in [0.4, 0.5) is 9.39 Å². The molecule has 1 aromatic heterocycles. The smallest absolute Gasteiger partial charge is 0.341 e. The molecule has 3 rings (SSSR count). The van der Waals surface area contributed by atoms with Crippen LogP contribution in [0.1, 0.15) is 36.5 Å². The van der Waals surface area contributed by atoms with Crippen LogP contribution in [0.2, 0.25) is 0 Å². The molecule has 1 amide bonds. The van der Waals surface area contributed by atoms with E-state index in [1.165, 1.54) is 12.1 Å². The fraction of sp³-hybridized carbons (Fsp3) is 0.318. The SMILES string of the molecule is CCCOC(=O)c1c(-c2ccc(F)cc2)csc1NC(=O)[C@H]1CC=CC[C@H]1C(=O)O. The van der Waals surface area contributed by atoms with Crippen molar-refractivity contribution < 1.29 is 28.6 Å². The summed E-state index contributed by atoms with van der Waals surface area (Å²) < 4.78 is 18.6. The van der Waals surface area contributed by atoms with Crippen LogP contribution in [0.15, 0.2) is 41.8 Å². The van der Waals surface area contributed by atoms with E-state index in [1.54, 1.807) is 29.7 Å². The zero-order valence-corrected chi connectivity index (χ0v) is 17.2. The number of nitrogens with one attached hydrogen (secondary N) is 1. The molecule has 8 heteroatoms. The molecule has 1 heterocycles. The van der Waals surface area contributed by atoms with Gasteiger partial charge in [0.05, 0.1) is 18.4 Å². The van der Waals surface area contributed by atoms with Gasteiger partial charge in [-0.3, -0.25) is 9.59 Å². The zero-order chi connectivity index (χ0) is 21.7. The molecule has 0 saturated carbocycles. The van der Waals surface area contributed by atoms with Crippen molar-refractivity contribution in [3.8, 4) is 11.1 Å². The fourth-order valence-electron chi connectivity index (χ4n) is 3.34. The molecule has 1 aliphatic carbocycles. The molecule has 0 saturated heterocycles. The number of hydrogen-bond donors (Lipinski definition) is 2. The Kier molecular flexibility index (Phi) is 6.99. The Morgan fingerprint density at radius 1 is 1.17 bits per heavy atom. The molecule has 2 N–H and O–H groups in total. The van der Waals surface area contributed by atoms with Crippen LogP contribution in [0.25, 0.3) is 11.1 Å². The lowest BCUT2D eigenvalue weighted by molar-refractivity contribution is -0.146. The number of hydrogen-bond acceptors (Lipinski definition) is 5. The average molecular weight is 431 g/mol. The van der Waals surface area contributed by atoms with Crippen LogP contribution in [0.3, 0.4) is 0 Å². The summed E-state index contributed by atoms with van der Waals surface area (Å²) in [7, 11) is 0. The van der Waals surface area contributed by atoms with Gasteiger partial charge in [-0.15, -0.1) is 11.3 Å². The number of carbonyl (C=O) groups is 3. The van der Waals surface area contributed by atoms with E-state index in [0.29, 0.717) is 29.0 Å². The normalized spacial score (nSPS) is 18.1. The lowest BCUT2D eigenvalue weighted by Gasteiger charge is -2.24. The number of ether oxygens (including phenoxy) is 1. The summed E-state index contributed by atoms with van der Waals surface area (Å²) in [4.78, 5) is 37.1. The zero-order valence-electron chi connectivity index (χ0n) is 16.4. The number of anilines is 1. The number of esters is 1. The highest BCUT2D eigenvalue weighted by atomic mass is 32.1. The summed E-state index contributed by atoms with van der Waals surface area (Å²) in [6.07, 6.45) is 4.78. The molecule has 0 aliphatic heterocycles. The number of carboxylic acids is 1. The van der Waals surface area contributed by atoms with E-state index < -0.39 is 35.5 Å². The molecule has 1 aliphatic rings. The van der Waals surface area contributed by atoms with E-state index >= 15 is 0 Å². The quantitative estimate of drug-likeness (QED) is 0.489. The first-order valence-corrected chi connectivity index (χ1v) is 10.5. The topological polar surface area (TPSA) is 92.7 Å². The number of allylic oxidation sites excluding steroid dienone is 2. The monoisotopic (exact) mass is 431 g/mol. The maximum Gasteiger partial charge on any atom is 0.341 e. The highest BCUT2D eigenvalue weighted by molar-refractivity contribution is 7.15. The van der Waals surface area contributed by atoms with Crippen LogP contribution >= 0.6 is 11.3 Å².